The SMILES string of the molecule is CCC(CC)(CN)C(=O)N1CCc2ccc(O)cc2C1. The Morgan fingerprint density at radius 3 is 2.65 bits per heavy atom. The molecule has 0 saturated carbocycles. The molecule has 0 aromatic heterocycles. The number of hydrogen-bond acceptors (Lipinski definition) is 3. The number of carbonyl (C=O) groups is 1. The van der Waals surface area contributed by atoms with Crippen molar-refractivity contribution in [3.8, 4) is 5.75 Å². The smallest absolute Gasteiger partial charge is 0.230 e. The van der Waals surface area contributed by atoms with Crippen molar-refractivity contribution in [2.24, 2.45) is 11.1 Å². The van der Waals surface area contributed by atoms with Crippen LogP contribution in [-0.4, -0.2) is 29.0 Å². The summed E-state index contributed by atoms with van der Waals surface area (Å²) in [5.41, 5.74) is 7.70. The van der Waals surface area contributed by atoms with Crippen molar-refractivity contribution in [1.82, 2.24) is 4.90 Å². The van der Waals surface area contributed by atoms with Crippen LogP contribution in [0.15, 0.2) is 18.2 Å². The number of phenols is 1. The minimum Gasteiger partial charge on any atom is -0.508 e. The summed E-state index contributed by atoms with van der Waals surface area (Å²) < 4.78 is 0. The summed E-state index contributed by atoms with van der Waals surface area (Å²) in [6.07, 6.45) is 2.37. The van der Waals surface area contributed by atoms with Crippen molar-refractivity contribution in [1.29, 1.82) is 0 Å². The Balaban J connectivity index is 2.22. The Hall–Kier alpha value is -1.55. The number of carbonyl (C=O) groups excluding carboxylic acids is 1. The lowest BCUT2D eigenvalue weighted by atomic mass is 9.80. The highest BCUT2D eigenvalue weighted by Gasteiger charge is 2.37. The van der Waals surface area contributed by atoms with Gasteiger partial charge in [0, 0.05) is 19.6 Å². The zero-order valence-electron chi connectivity index (χ0n) is 12.4. The predicted molar refractivity (Wildman–Crippen MR) is 79.3 cm³/mol. The highest BCUT2D eigenvalue weighted by molar-refractivity contribution is 5.83. The molecular weight excluding hydrogens is 252 g/mol. The van der Waals surface area contributed by atoms with Crippen molar-refractivity contribution in [3.05, 3.63) is 29.3 Å². The standard InChI is InChI=1S/C16H24N2O2/c1-3-16(4-2,11-17)15(20)18-8-7-12-5-6-14(19)9-13(12)10-18/h5-6,9,19H,3-4,7-8,10-11,17H2,1-2H3. The van der Waals surface area contributed by atoms with Gasteiger partial charge in [0.05, 0.1) is 5.41 Å². The topological polar surface area (TPSA) is 66.6 Å². The van der Waals surface area contributed by atoms with E-state index < -0.39 is 5.41 Å². The van der Waals surface area contributed by atoms with E-state index in [0.717, 1.165) is 31.4 Å². The van der Waals surface area contributed by atoms with Gasteiger partial charge in [-0.25, -0.2) is 0 Å². The van der Waals surface area contributed by atoms with Gasteiger partial charge in [0.2, 0.25) is 5.91 Å². The number of phenolic OH excluding ortho intramolecular Hbond substituents is 1. The molecule has 0 bridgehead atoms. The first-order valence-corrected chi connectivity index (χ1v) is 7.36. The summed E-state index contributed by atoms with van der Waals surface area (Å²) in [5.74, 6) is 0.410. The van der Waals surface area contributed by atoms with Crippen LogP contribution in [0.3, 0.4) is 0 Å². The third-order valence-electron chi connectivity index (χ3n) is 4.69. The second-order valence-electron chi connectivity index (χ2n) is 5.62. The monoisotopic (exact) mass is 276 g/mol. The molecule has 0 aliphatic carbocycles. The van der Waals surface area contributed by atoms with E-state index in [9.17, 15) is 9.90 Å². The average molecular weight is 276 g/mol. The molecule has 1 aromatic rings. The molecule has 2 rings (SSSR count). The van der Waals surface area contributed by atoms with E-state index in [0.29, 0.717) is 13.1 Å². The van der Waals surface area contributed by atoms with E-state index in [4.69, 9.17) is 5.73 Å². The largest absolute Gasteiger partial charge is 0.508 e. The first-order chi connectivity index (χ1) is 9.56. The first kappa shape index (κ1) is 14.9. The van der Waals surface area contributed by atoms with Gasteiger partial charge in [0.15, 0.2) is 0 Å². The number of amides is 1. The Morgan fingerprint density at radius 2 is 2.05 bits per heavy atom. The lowest BCUT2D eigenvalue weighted by Gasteiger charge is -2.37. The molecule has 0 unspecified atom stereocenters. The lowest BCUT2D eigenvalue weighted by Crippen LogP contribution is -2.49. The van der Waals surface area contributed by atoms with Crippen molar-refractivity contribution < 1.29 is 9.90 Å². The van der Waals surface area contributed by atoms with Crippen LogP contribution in [0, 0.1) is 5.41 Å². The molecule has 4 heteroatoms. The van der Waals surface area contributed by atoms with Crippen LogP contribution in [0.25, 0.3) is 0 Å². The molecule has 110 valence electrons. The molecule has 0 saturated heterocycles. The number of aromatic hydroxyl groups is 1. The van der Waals surface area contributed by atoms with Gasteiger partial charge in [-0.1, -0.05) is 19.9 Å². The molecule has 0 fully saturated rings. The van der Waals surface area contributed by atoms with Crippen molar-refractivity contribution in [3.63, 3.8) is 0 Å². The van der Waals surface area contributed by atoms with Gasteiger partial charge >= 0.3 is 0 Å². The molecule has 0 radical (unpaired) electrons. The molecule has 0 atom stereocenters. The summed E-state index contributed by atoms with van der Waals surface area (Å²) in [6, 6.07) is 5.41. The quantitative estimate of drug-likeness (QED) is 0.884. The number of hydrogen-bond donors (Lipinski definition) is 2. The summed E-state index contributed by atoms with van der Waals surface area (Å²) in [6.45, 7) is 5.75. The minimum absolute atomic E-state index is 0.152. The average Bonchev–Trinajstić information content (AvgIpc) is 2.48. The van der Waals surface area contributed by atoms with Crippen LogP contribution in [0.1, 0.15) is 37.8 Å². The van der Waals surface area contributed by atoms with E-state index in [1.165, 1.54) is 5.56 Å². The molecule has 3 N–H and O–H groups in total. The fourth-order valence-electron chi connectivity index (χ4n) is 2.98. The number of benzene rings is 1. The summed E-state index contributed by atoms with van der Waals surface area (Å²) >= 11 is 0. The van der Waals surface area contributed by atoms with Crippen LogP contribution in [0.4, 0.5) is 0 Å². The fraction of sp³-hybridized carbons (Fsp3) is 0.562. The predicted octanol–water partition coefficient (Wildman–Crippen LogP) is 2.04. The number of nitrogens with two attached hydrogens (primary N) is 1. The van der Waals surface area contributed by atoms with Gasteiger partial charge in [0.25, 0.3) is 0 Å². The van der Waals surface area contributed by atoms with Gasteiger partial charge in [-0.2, -0.15) is 0 Å². The van der Waals surface area contributed by atoms with Gasteiger partial charge in [-0.15, -0.1) is 0 Å². The molecule has 1 heterocycles. The fourth-order valence-corrected chi connectivity index (χ4v) is 2.98. The van der Waals surface area contributed by atoms with Crippen LogP contribution in [0.2, 0.25) is 0 Å². The summed E-state index contributed by atoms with van der Waals surface area (Å²) in [5, 5.41) is 9.59. The molecule has 1 aliphatic heterocycles. The second-order valence-corrected chi connectivity index (χ2v) is 5.62. The molecule has 1 amide bonds. The van der Waals surface area contributed by atoms with Crippen molar-refractivity contribution in [2.75, 3.05) is 13.1 Å². The van der Waals surface area contributed by atoms with E-state index in [2.05, 4.69) is 0 Å². The van der Waals surface area contributed by atoms with Crippen molar-refractivity contribution in [2.45, 2.75) is 39.7 Å². The Morgan fingerprint density at radius 1 is 1.35 bits per heavy atom. The van der Waals surface area contributed by atoms with Crippen molar-refractivity contribution >= 4 is 5.91 Å². The second kappa shape index (κ2) is 5.83. The molecule has 1 aliphatic rings. The first-order valence-electron chi connectivity index (χ1n) is 7.36. The lowest BCUT2D eigenvalue weighted by molar-refractivity contribution is -0.143. The Kier molecular flexibility index (Phi) is 4.33. The Bertz CT molecular complexity index is 487. The number of fused-ring (bicyclic) bond motifs is 1. The van der Waals surface area contributed by atoms with Crippen LogP contribution >= 0.6 is 0 Å². The van der Waals surface area contributed by atoms with Gasteiger partial charge in [-0.3, -0.25) is 4.79 Å². The molecule has 20 heavy (non-hydrogen) atoms. The zero-order chi connectivity index (χ0) is 14.8. The summed E-state index contributed by atoms with van der Waals surface area (Å²) in [7, 11) is 0. The van der Waals surface area contributed by atoms with Crippen LogP contribution < -0.4 is 5.73 Å². The molecule has 1 aromatic carbocycles. The normalized spacial score (nSPS) is 15.1. The maximum atomic E-state index is 12.8. The molecule has 4 nitrogen and oxygen atoms in total. The Labute approximate surface area is 120 Å². The minimum atomic E-state index is -0.436. The van der Waals surface area contributed by atoms with Gasteiger partial charge < -0.3 is 15.7 Å². The van der Waals surface area contributed by atoms with E-state index in [1.54, 1.807) is 12.1 Å². The maximum absolute atomic E-state index is 12.8. The van der Waals surface area contributed by atoms with E-state index >= 15 is 0 Å². The van der Waals surface area contributed by atoms with Gasteiger partial charge in [-0.05, 0) is 42.5 Å². The maximum Gasteiger partial charge on any atom is 0.230 e. The third kappa shape index (κ3) is 2.52. The molecule has 0 spiro atoms. The summed E-state index contributed by atoms with van der Waals surface area (Å²) in [4.78, 5) is 14.7. The van der Waals surface area contributed by atoms with E-state index in [1.807, 2.05) is 24.8 Å². The highest BCUT2D eigenvalue weighted by atomic mass is 16.3. The van der Waals surface area contributed by atoms with Crippen LogP contribution in [0.5, 0.6) is 5.75 Å². The molecular formula is C16H24N2O2. The zero-order valence-corrected chi connectivity index (χ0v) is 12.4. The third-order valence-corrected chi connectivity index (χ3v) is 4.69. The number of rotatable bonds is 4. The van der Waals surface area contributed by atoms with Gasteiger partial charge in [0.1, 0.15) is 5.75 Å². The number of nitrogens with zero attached hydrogens (tertiary/aromatic N) is 1. The highest BCUT2D eigenvalue weighted by Crippen LogP contribution is 2.31. The van der Waals surface area contributed by atoms with E-state index in [-0.39, 0.29) is 11.7 Å². The van der Waals surface area contributed by atoms with Crippen LogP contribution in [-0.2, 0) is 17.8 Å².